The van der Waals surface area contributed by atoms with Crippen LogP contribution in [0.1, 0.15) is 98.1 Å². The lowest BCUT2D eigenvalue weighted by molar-refractivity contribution is 0.130. The van der Waals surface area contributed by atoms with E-state index >= 15 is 0 Å². The maximum absolute atomic E-state index is 6.14. The lowest BCUT2D eigenvalue weighted by atomic mass is 9.99. The van der Waals surface area contributed by atoms with E-state index in [0.29, 0.717) is 13.2 Å². The molecule has 0 spiro atoms. The number of allylic oxidation sites excluding steroid dienone is 3. The van der Waals surface area contributed by atoms with Crippen molar-refractivity contribution in [1.82, 2.24) is 19.9 Å². The molecule has 6 heterocycles. The summed E-state index contributed by atoms with van der Waals surface area (Å²) >= 11 is 0. The van der Waals surface area contributed by atoms with Gasteiger partial charge in [-0.05, 0) is 116 Å². The summed E-state index contributed by atoms with van der Waals surface area (Å²) in [5.41, 5.74) is 20.4. The van der Waals surface area contributed by atoms with E-state index < -0.39 is 0 Å². The molecule has 3 aliphatic heterocycles. The zero-order valence-electron chi connectivity index (χ0n) is 23.8. The van der Waals surface area contributed by atoms with Gasteiger partial charge >= 0.3 is 0 Å². The summed E-state index contributed by atoms with van der Waals surface area (Å²) in [6.07, 6.45) is 3.74. The van der Waals surface area contributed by atoms with E-state index in [0.717, 1.165) is 65.0 Å². The standard InChI is InChI=1S/C33H38N4O/c1-8-21-17(4)26-13-28-19(6)23(10-3)32(36-28)25-16-38-12-11-24-20(7)29(37-33(24)25)14-27-18(5)22(9-2)31(35-27)15-30(21)34-26/h13-15,34,36H,8-12,16H2,1-7H3. The maximum atomic E-state index is 6.14. The molecule has 5 heteroatoms. The molecule has 0 fully saturated rings. The van der Waals surface area contributed by atoms with Crippen LogP contribution in [0, 0.1) is 13.8 Å². The van der Waals surface area contributed by atoms with Crippen LogP contribution in [0.3, 0.4) is 0 Å². The van der Waals surface area contributed by atoms with Gasteiger partial charge < -0.3 is 14.7 Å². The number of aromatic amines is 2. The molecule has 0 aliphatic carbocycles. The van der Waals surface area contributed by atoms with Crippen molar-refractivity contribution in [1.29, 1.82) is 0 Å². The topological polar surface area (TPSA) is 66.6 Å². The van der Waals surface area contributed by atoms with Gasteiger partial charge in [0.1, 0.15) is 0 Å². The maximum Gasteiger partial charge on any atom is 0.0758 e. The van der Waals surface area contributed by atoms with Gasteiger partial charge in [0, 0.05) is 27.6 Å². The summed E-state index contributed by atoms with van der Waals surface area (Å²) in [7, 11) is 0. The number of nitrogens with one attached hydrogen (secondary N) is 2. The molecule has 5 nitrogen and oxygen atoms in total. The van der Waals surface area contributed by atoms with Crippen molar-refractivity contribution in [3.8, 4) is 0 Å². The van der Waals surface area contributed by atoms with Gasteiger partial charge in [-0.2, -0.15) is 0 Å². The fourth-order valence-electron chi connectivity index (χ4n) is 6.55. The van der Waals surface area contributed by atoms with E-state index in [1.165, 1.54) is 55.6 Å². The van der Waals surface area contributed by atoms with Crippen LogP contribution in [-0.2, 0) is 24.2 Å². The van der Waals surface area contributed by atoms with Gasteiger partial charge in [-0.15, -0.1) is 0 Å². The Hall–Kier alpha value is -3.44. The highest BCUT2D eigenvalue weighted by atomic mass is 16.5. The van der Waals surface area contributed by atoms with Gasteiger partial charge in [0.2, 0.25) is 0 Å². The summed E-state index contributed by atoms with van der Waals surface area (Å²) in [4.78, 5) is 18.0. The highest BCUT2D eigenvalue weighted by molar-refractivity contribution is 5.96. The molecule has 0 radical (unpaired) electrons. The number of aromatic nitrogens is 4. The van der Waals surface area contributed by atoms with Gasteiger partial charge in [-0.1, -0.05) is 20.8 Å². The summed E-state index contributed by atoms with van der Waals surface area (Å²) in [6.45, 7) is 16.8. The van der Waals surface area contributed by atoms with Crippen LogP contribution in [0.2, 0.25) is 0 Å². The fraction of sp³-hybridized carbons (Fsp3) is 0.394. The SMILES string of the molecule is CCC1=C(C)c2cc3nc4c(c5[nH]c(cc6[nH]c(cc1n2)c(CC)c6C)c(C)c5CC)COCCC4=C3C. The number of ether oxygens (including phenoxy) is 1. The molecule has 196 valence electrons. The largest absolute Gasteiger partial charge is 0.376 e. The molecule has 2 N–H and O–H groups in total. The molecule has 0 amide bonds. The molecule has 38 heavy (non-hydrogen) atoms. The lowest BCUT2D eigenvalue weighted by Gasteiger charge is -2.04. The van der Waals surface area contributed by atoms with Crippen molar-refractivity contribution in [2.45, 2.75) is 80.8 Å². The number of nitrogens with zero attached hydrogens (tertiary/aromatic N) is 2. The zero-order valence-corrected chi connectivity index (χ0v) is 23.8. The van der Waals surface area contributed by atoms with Gasteiger partial charge in [-0.3, -0.25) is 0 Å². The van der Waals surface area contributed by atoms with Crippen molar-refractivity contribution in [3.05, 3.63) is 68.8 Å². The average Bonchev–Trinajstić information content (AvgIpc) is 3.52. The van der Waals surface area contributed by atoms with Gasteiger partial charge in [0.15, 0.2) is 0 Å². The minimum Gasteiger partial charge on any atom is -0.376 e. The van der Waals surface area contributed by atoms with E-state index in [2.05, 4.69) is 76.6 Å². The number of rotatable bonds is 3. The smallest absolute Gasteiger partial charge is 0.0758 e. The quantitative estimate of drug-likeness (QED) is 0.376. The van der Waals surface area contributed by atoms with E-state index in [1.54, 1.807) is 0 Å². The van der Waals surface area contributed by atoms with Gasteiger partial charge in [0.05, 0.1) is 36.0 Å². The molecule has 0 aromatic carbocycles. The Morgan fingerprint density at radius 1 is 0.737 bits per heavy atom. The number of aryl methyl sites for hydroxylation is 4. The molecule has 0 atom stereocenters. The predicted molar refractivity (Wildman–Crippen MR) is 159 cm³/mol. The predicted octanol–water partition coefficient (Wildman–Crippen LogP) is 8.25. The average molecular weight is 507 g/mol. The van der Waals surface area contributed by atoms with Crippen LogP contribution >= 0.6 is 0 Å². The monoisotopic (exact) mass is 506 g/mol. The second-order valence-electron chi connectivity index (χ2n) is 10.8. The Bertz CT molecular complexity index is 1710. The minimum atomic E-state index is 0.563. The first kappa shape index (κ1) is 24.9. The van der Waals surface area contributed by atoms with Crippen LogP contribution < -0.4 is 0 Å². The first-order valence-electron chi connectivity index (χ1n) is 14.1. The Balaban J connectivity index is 1.84. The van der Waals surface area contributed by atoms with Crippen LogP contribution in [0.4, 0.5) is 0 Å². The third-order valence-electron chi connectivity index (χ3n) is 8.85. The third-order valence-corrected chi connectivity index (χ3v) is 8.85. The summed E-state index contributed by atoms with van der Waals surface area (Å²) < 4.78 is 6.14. The Kier molecular flexibility index (Phi) is 6.14. The lowest BCUT2D eigenvalue weighted by Crippen LogP contribution is -1.95. The molecule has 0 saturated heterocycles. The van der Waals surface area contributed by atoms with Gasteiger partial charge in [-0.25, -0.2) is 9.97 Å². The number of hydrogen-bond acceptors (Lipinski definition) is 3. The summed E-state index contributed by atoms with van der Waals surface area (Å²) in [5, 5.41) is 0. The fourth-order valence-corrected chi connectivity index (χ4v) is 6.55. The molecule has 8 bridgehead atoms. The first-order valence-corrected chi connectivity index (χ1v) is 14.1. The van der Waals surface area contributed by atoms with Crippen LogP contribution in [0.25, 0.3) is 44.4 Å². The Morgan fingerprint density at radius 2 is 1.45 bits per heavy atom. The molecular formula is C33H38N4O. The molecule has 3 aromatic rings. The molecule has 0 unspecified atom stereocenters. The second kappa shape index (κ2) is 9.39. The highest BCUT2D eigenvalue weighted by Crippen LogP contribution is 2.40. The normalized spacial score (nSPS) is 15.4. The van der Waals surface area contributed by atoms with E-state index in [4.69, 9.17) is 14.7 Å². The number of H-pyrrole nitrogens is 2. The third kappa shape index (κ3) is 3.70. The molecule has 0 saturated carbocycles. The first-order chi connectivity index (χ1) is 18.4. The summed E-state index contributed by atoms with van der Waals surface area (Å²) in [5.74, 6) is 0. The molecule has 3 aromatic heterocycles. The van der Waals surface area contributed by atoms with Crippen molar-refractivity contribution in [2.24, 2.45) is 0 Å². The summed E-state index contributed by atoms with van der Waals surface area (Å²) in [6, 6.07) is 6.74. The molecule has 6 rings (SSSR count). The minimum absolute atomic E-state index is 0.563. The number of fused-ring (bicyclic) bond motifs is 8. The van der Waals surface area contributed by atoms with E-state index in [1.807, 2.05) is 0 Å². The van der Waals surface area contributed by atoms with Crippen LogP contribution in [-0.4, -0.2) is 26.5 Å². The zero-order chi connectivity index (χ0) is 26.7. The van der Waals surface area contributed by atoms with Crippen molar-refractivity contribution in [2.75, 3.05) is 6.61 Å². The van der Waals surface area contributed by atoms with E-state index in [-0.39, 0.29) is 0 Å². The van der Waals surface area contributed by atoms with Crippen molar-refractivity contribution >= 4 is 44.4 Å². The van der Waals surface area contributed by atoms with Crippen LogP contribution in [0.15, 0.2) is 18.2 Å². The number of hydrogen-bond donors (Lipinski definition) is 2. The Labute approximate surface area is 225 Å². The van der Waals surface area contributed by atoms with Gasteiger partial charge in [0.25, 0.3) is 0 Å². The highest BCUT2D eigenvalue weighted by Gasteiger charge is 2.25. The molecule has 3 aliphatic rings. The van der Waals surface area contributed by atoms with E-state index in [9.17, 15) is 0 Å². The van der Waals surface area contributed by atoms with Crippen LogP contribution in [0.5, 0.6) is 0 Å². The Morgan fingerprint density at radius 3 is 2.18 bits per heavy atom. The second-order valence-corrected chi connectivity index (χ2v) is 10.8. The van der Waals surface area contributed by atoms with Crippen molar-refractivity contribution in [3.63, 3.8) is 0 Å². The molecular weight excluding hydrogens is 468 g/mol. The van der Waals surface area contributed by atoms with Crippen molar-refractivity contribution < 1.29 is 4.74 Å².